The van der Waals surface area contributed by atoms with Gasteiger partial charge in [0.1, 0.15) is 0 Å². The van der Waals surface area contributed by atoms with Crippen LogP contribution in [0.15, 0.2) is 18.2 Å². The van der Waals surface area contributed by atoms with Gasteiger partial charge in [-0.1, -0.05) is 12.1 Å². The number of nitrogens with one attached hydrogen (secondary N) is 1. The first kappa shape index (κ1) is 14.5. The normalized spacial score (nSPS) is 14.8. The van der Waals surface area contributed by atoms with Crippen LogP contribution in [0.5, 0.6) is 0 Å². The van der Waals surface area contributed by atoms with Gasteiger partial charge in [-0.25, -0.2) is 4.79 Å². The highest BCUT2D eigenvalue weighted by Crippen LogP contribution is 2.24. The van der Waals surface area contributed by atoms with Crippen LogP contribution < -0.4 is 5.32 Å². The molecular weight excluding hydrogens is 256 g/mol. The lowest BCUT2D eigenvalue weighted by atomic mass is 9.93. The molecule has 1 amide bonds. The maximum atomic E-state index is 12.4. The quantitative estimate of drug-likeness (QED) is 0.872. The summed E-state index contributed by atoms with van der Waals surface area (Å²) >= 11 is 0. The molecule has 0 radical (unpaired) electrons. The third-order valence-corrected chi connectivity index (χ3v) is 3.94. The number of carbonyl (C=O) groups excluding carboxylic acids is 1. The van der Waals surface area contributed by atoms with Gasteiger partial charge in [-0.3, -0.25) is 4.79 Å². The van der Waals surface area contributed by atoms with E-state index >= 15 is 0 Å². The van der Waals surface area contributed by atoms with Gasteiger partial charge in [0.2, 0.25) is 5.91 Å². The first-order valence-corrected chi connectivity index (χ1v) is 6.69. The van der Waals surface area contributed by atoms with Crippen molar-refractivity contribution in [1.82, 2.24) is 10.2 Å². The lowest BCUT2D eigenvalue weighted by Gasteiger charge is -2.35. The van der Waals surface area contributed by atoms with Crippen LogP contribution in [0.3, 0.4) is 0 Å². The van der Waals surface area contributed by atoms with Crippen LogP contribution in [0.4, 0.5) is 0 Å². The number of carboxylic acids is 1. The maximum Gasteiger partial charge on any atom is 0.335 e. The van der Waals surface area contributed by atoms with Crippen molar-refractivity contribution in [2.75, 3.05) is 13.6 Å². The van der Waals surface area contributed by atoms with Crippen LogP contribution in [0, 0.1) is 0 Å². The van der Waals surface area contributed by atoms with E-state index in [2.05, 4.69) is 5.32 Å². The van der Waals surface area contributed by atoms with Crippen LogP contribution >= 0.6 is 0 Å². The Balaban J connectivity index is 2.27. The number of carboxylic acid groups (broad SMARTS) is 1. The van der Waals surface area contributed by atoms with E-state index in [-0.39, 0.29) is 5.91 Å². The van der Waals surface area contributed by atoms with E-state index in [4.69, 9.17) is 0 Å². The van der Waals surface area contributed by atoms with Gasteiger partial charge in [-0.05, 0) is 44.5 Å². The number of nitrogens with zero attached hydrogens (tertiary/aromatic N) is 1. The number of likely N-dealkylation sites (N-methyl/N-ethyl adjacent to an activating group) is 1. The van der Waals surface area contributed by atoms with Crippen LogP contribution in [-0.4, -0.2) is 41.0 Å². The molecule has 20 heavy (non-hydrogen) atoms. The van der Waals surface area contributed by atoms with E-state index in [1.807, 2.05) is 19.9 Å². The predicted molar refractivity (Wildman–Crippen MR) is 75.7 cm³/mol. The van der Waals surface area contributed by atoms with Crippen molar-refractivity contribution in [2.24, 2.45) is 0 Å². The van der Waals surface area contributed by atoms with Gasteiger partial charge in [0.05, 0.1) is 11.1 Å². The molecule has 0 aliphatic carbocycles. The third kappa shape index (κ3) is 2.54. The number of hydrogen-bond donors (Lipinski definition) is 2. The van der Waals surface area contributed by atoms with E-state index in [1.54, 1.807) is 24.1 Å². The van der Waals surface area contributed by atoms with Gasteiger partial charge < -0.3 is 15.3 Å². The molecule has 0 spiro atoms. The van der Waals surface area contributed by atoms with E-state index in [1.165, 1.54) is 0 Å². The third-order valence-electron chi connectivity index (χ3n) is 3.94. The van der Waals surface area contributed by atoms with E-state index in [9.17, 15) is 14.7 Å². The van der Waals surface area contributed by atoms with Crippen molar-refractivity contribution >= 4 is 11.9 Å². The fourth-order valence-corrected chi connectivity index (χ4v) is 2.49. The van der Waals surface area contributed by atoms with E-state index in [0.29, 0.717) is 25.1 Å². The Morgan fingerprint density at radius 2 is 2.05 bits per heavy atom. The summed E-state index contributed by atoms with van der Waals surface area (Å²) in [7, 11) is 1.76. The van der Waals surface area contributed by atoms with Gasteiger partial charge >= 0.3 is 5.97 Å². The Kier molecular flexibility index (Phi) is 3.81. The number of fused-ring (bicyclic) bond motifs is 1. The first-order valence-electron chi connectivity index (χ1n) is 6.69. The molecule has 108 valence electrons. The average molecular weight is 276 g/mol. The van der Waals surface area contributed by atoms with Crippen molar-refractivity contribution in [3.8, 4) is 0 Å². The number of carbonyl (C=O) groups is 2. The van der Waals surface area contributed by atoms with E-state index < -0.39 is 11.5 Å². The number of rotatable bonds is 3. The second-order valence-electron chi connectivity index (χ2n) is 5.60. The smallest absolute Gasteiger partial charge is 0.335 e. The highest BCUT2D eigenvalue weighted by atomic mass is 16.4. The summed E-state index contributed by atoms with van der Waals surface area (Å²) < 4.78 is 0. The Morgan fingerprint density at radius 3 is 2.65 bits per heavy atom. The second kappa shape index (κ2) is 5.25. The van der Waals surface area contributed by atoms with Crippen LogP contribution in [-0.2, 0) is 17.8 Å². The average Bonchev–Trinajstić information content (AvgIpc) is 2.44. The molecule has 1 aliphatic rings. The molecule has 2 N–H and O–H groups in total. The SMILES string of the molecule is CNC(C)(C)C(=O)N1CCc2c(cccc2C(=O)O)C1. The van der Waals surface area contributed by atoms with Gasteiger partial charge in [0.15, 0.2) is 0 Å². The molecule has 0 fully saturated rings. The van der Waals surface area contributed by atoms with Crippen LogP contribution in [0.2, 0.25) is 0 Å². The molecule has 5 nitrogen and oxygen atoms in total. The minimum Gasteiger partial charge on any atom is -0.478 e. The Bertz CT molecular complexity index is 552. The van der Waals surface area contributed by atoms with Crippen molar-refractivity contribution < 1.29 is 14.7 Å². The number of aromatic carboxylic acids is 1. The molecule has 1 aliphatic heterocycles. The lowest BCUT2D eigenvalue weighted by molar-refractivity contribution is -0.137. The summed E-state index contributed by atoms with van der Waals surface area (Å²) in [5.41, 5.74) is 1.52. The molecule has 1 aromatic carbocycles. The molecule has 5 heteroatoms. The zero-order chi connectivity index (χ0) is 14.9. The molecule has 0 saturated carbocycles. The minimum atomic E-state index is -0.905. The predicted octanol–water partition coefficient (Wildman–Crippen LogP) is 1.27. The fourth-order valence-electron chi connectivity index (χ4n) is 2.49. The molecule has 1 aromatic rings. The summed E-state index contributed by atoms with van der Waals surface area (Å²) in [6.45, 7) is 4.72. The number of amides is 1. The van der Waals surface area contributed by atoms with Crippen molar-refractivity contribution in [2.45, 2.75) is 32.4 Å². The molecule has 0 bridgehead atoms. The lowest BCUT2D eigenvalue weighted by Crippen LogP contribution is -2.53. The molecule has 0 unspecified atom stereocenters. The summed E-state index contributed by atoms with van der Waals surface area (Å²) in [6, 6.07) is 5.25. The molecule has 0 atom stereocenters. The second-order valence-corrected chi connectivity index (χ2v) is 5.60. The molecule has 0 saturated heterocycles. The summed E-state index contributed by atoms with van der Waals surface area (Å²) in [4.78, 5) is 25.4. The monoisotopic (exact) mass is 276 g/mol. The Hall–Kier alpha value is -1.88. The topological polar surface area (TPSA) is 69.6 Å². The van der Waals surface area contributed by atoms with Crippen molar-refractivity contribution in [3.05, 3.63) is 34.9 Å². The maximum absolute atomic E-state index is 12.4. The summed E-state index contributed by atoms with van der Waals surface area (Å²) in [5, 5.41) is 12.2. The number of benzene rings is 1. The van der Waals surface area contributed by atoms with Crippen molar-refractivity contribution in [3.63, 3.8) is 0 Å². The van der Waals surface area contributed by atoms with Crippen LogP contribution in [0.1, 0.15) is 35.3 Å². The highest BCUT2D eigenvalue weighted by molar-refractivity contribution is 5.90. The Labute approximate surface area is 118 Å². The van der Waals surface area contributed by atoms with Gasteiger partial charge in [0, 0.05) is 13.1 Å². The minimum absolute atomic E-state index is 0.0337. The number of hydrogen-bond acceptors (Lipinski definition) is 3. The molecule has 0 aromatic heterocycles. The standard InChI is InChI=1S/C15H20N2O3/c1-15(2,16-3)14(20)17-8-7-11-10(9-17)5-4-6-12(11)13(18)19/h4-6,16H,7-9H2,1-3H3,(H,18,19). The van der Waals surface area contributed by atoms with Crippen LogP contribution in [0.25, 0.3) is 0 Å². The molecule has 1 heterocycles. The summed E-state index contributed by atoms with van der Waals surface area (Å²) in [5.74, 6) is -0.872. The van der Waals surface area contributed by atoms with Gasteiger partial charge in [0.25, 0.3) is 0 Å². The zero-order valence-electron chi connectivity index (χ0n) is 12.1. The molecular formula is C15H20N2O3. The van der Waals surface area contributed by atoms with E-state index in [0.717, 1.165) is 11.1 Å². The largest absolute Gasteiger partial charge is 0.478 e. The first-order chi connectivity index (χ1) is 9.36. The van der Waals surface area contributed by atoms with Gasteiger partial charge in [-0.2, -0.15) is 0 Å². The summed E-state index contributed by atoms with van der Waals surface area (Å²) in [6.07, 6.45) is 0.587. The van der Waals surface area contributed by atoms with Crippen molar-refractivity contribution in [1.29, 1.82) is 0 Å². The zero-order valence-corrected chi connectivity index (χ0v) is 12.1. The van der Waals surface area contributed by atoms with Gasteiger partial charge in [-0.15, -0.1) is 0 Å². The molecule has 2 rings (SSSR count). The highest BCUT2D eigenvalue weighted by Gasteiger charge is 2.32. The Morgan fingerprint density at radius 1 is 1.35 bits per heavy atom. The fraction of sp³-hybridized carbons (Fsp3) is 0.467.